The van der Waals surface area contributed by atoms with Gasteiger partial charge in [0.15, 0.2) is 0 Å². The van der Waals surface area contributed by atoms with E-state index >= 15 is 0 Å². The minimum absolute atomic E-state index is 0.0139. The zero-order valence-corrected chi connectivity index (χ0v) is 12.6. The highest BCUT2D eigenvalue weighted by Crippen LogP contribution is 2.49. The molecule has 0 bridgehead atoms. The molecule has 1 atom stereocenters. The highest BCUT2D eigenvalue weighted by atomic mass is 32.2. The molecule has 2 N–H and O–H groups in total. The van der Waals surface area contributed by atoms with Gasteiger partial charge in [0, 0.05) is 12.7 Å². The van der Waals surface area contributed by atoms with E-state index in [0.29, 0.717) is 12.8 Å². The van der Waals surface area contributed by atoms with Crippen LogP contribution in [0.5, 0.6) is 0 Å². The molecule has 0 spiro atoms. The predicted molar refractivity (Wildman–Crippen MR) is 75.0 cm³/mol. The first kappa shape index (κ1) is 16.7. The van der Waals surface area contributed by atoms with Crippen molar-refractivity contribution in [1.82, 2.24) is 5.32 Å². The lowest BCUT2D eigenvalue weighted by atomic mass is 10.0. The van der Waals surface area contributed by atoms with Gasteiger partial charge in [-0.05, 0) is 31.6 Å². The van der Waals surface area contributed by atoms with Crippen LogP contribution in [0.2, 0.25) is 0 Å². The Morgan fingerprint density at radius 2 is 2.00 bits per heavy atom. The quantitative estimate of drug-likeness (QED) is 0.644. The van der Waals surface area contributed by atoms with Crippen molar-refractivity contribution >= 4 is 21.7 Å². The van der Waals surface area contributed by atoms with Crippen LogP contribution >= 0.6 is 0 Å². The lowest BCUT2D eigenvalue weighted by Crippen LogP contribution is -2.41. The highest BCUT2D eigenvalue weighted by molar-refractivity contribution is 7.90. The topological polar surface area (TPSA) is 101 Å². The fourth-order valence-electron chi connectivity index (χ4n) is 2.18. The summed E-state index contributed by atoms with van der Waals surface area (Å²) in [6, 6.07) is -0.965. The number of carboxylic acid groups (broad SMARTS) is 1. The Bertz CT molecular complexity index is 505. The van der Waals surface area contributed by atoms with E-state index in [0.717, 1.165) is 6.26 Å². The first-order chi connectivity index (χ1) is 9.17. The maximum Gasteiger partial charge on any atom is 0.326 e. The standard InChI is InChI=1S/C13H21NO5S/c1-3-4-5-10(12(16)17)14-11(15)8-13(6-7-13)9-20(2,18)19/h3-4,10H,5-9H2,1-2H3,(H,14,15)(H,16,17)/b4-3+. The van der Waals surface area contributed by atoms with Crippen molar-refractivity contribution in [2.45, 2.75) is 38.6 Å². The van der Waals surface area contributed by atoms with E-state index in [1.54, 1.807) is 19.1 Å². The van der Waals surface area contributed by atoms with Gasteiger partial charge in [-0.15, -0.1) is 0 Å². The minimum atomic E-state index is -3.13. The molecule has 0 aromatic carbocycles. The van der Waals surface area contributed by atoms with E-state index in [4.69, 9.17) is 5.11 Å². The third-order valence-corrected chi connectivity index (χ3v) is 4.44. The van der Waals surface area contributed by atoms with Crippen LogP contribution < -0.4 is 5.32 Å². The Kier molecular flexibility index (Phi) is 5.33. The first-order valence-corrected chi connectivity index (χ1v) is 8.54. The Morgan fingerprint density at radius 3 is 2.40 bits per heavy atom. The normalized spacial score (nSPS) is 18.7. The number of hydrogen-bond donors (Lipinski definition) is 2. The minimum Gasteiger partial charge on any atom is -0.480 e. The molecule has 0 heterocycles. The van der Waals surface area contributed by atoms with Crippen molar-refractivity contribution < 1.29 is 23.1 Å². The van der Waals surface area contributed by atoms with Crippen molar-refractivity contribution in [2.24, 2.45) is 5.41 Å². The SMILES string of the molecule is C/C=C/CC(NC(=O)CC1(CS(C)(=O)=O)CC1)C(=O)O. The summed E-state index contributed by atoms with van der Waals surface area (Å²) in [5.74, 6) is -1.51. The summed E-state index contributed by atoms with van der Waals surface area (Å²) in [6.45, 7) is 1.77. The third-order valence-electron chi connectivity index (χ3n) is 3.30. The molecule has 1 fully saturated rings. The molecule has 0 radical (unpaired) electrons. The largest absolute Gasteiger partial charge is 0.480 e. The molecule has 1 rings (SSSR count). The van der Waals surface area contributed by atoms with Gasteiger partial charge in [0.2, 0.25) is 5.91 Å². The lowest BCUT2D eigenvalue weighted by molar-refractivity contribution is -0.141. The van der Waals surface area contributed by atoms with Crippen LogP contribution in [0.3, 0.4) is 0 Å². The monoisotopic (exact) mass is 303 g/mol. The van der Waals surface area contributed by atoms with Crippen LogP contribution in [0, 0.1) is 5.41 Å². The van der Waals surface area contributed by atoms with Crippen LogP contribution in [-0.4, -0.2) is 43.5 Å². The van der Waals surface area contributed by atoms with Gasteiger partial charge in [-0.25, -0.2) is 13.2 Å². The zero-order valence-electron chi connectivity index (χ0n) is 11.8. The van der Waals surface area contributed by atoms with Gasteiger partial charge in [0.25, 0.3) is 0 Å². The molecule has 0 aromatic rings. The second-order valence-electron chi connectivity index (χ2n) is 5.51. The molecule has 1 amide bonds. The zero-order chi connectivity index (χ0) is 15.4. The molecule has 114 valence electrons. The van der Waals surface area contributed by atoms with Crippen molar-refractivity contribution in [1.29, 1.82) is 0 Å². The number of rotatable bonds is 8. The van der Waals surface area contributed by atoms with Crippen molar-refractivity contribution in [3.63, 3.8) is 0 Å². The summed E-state index contributed by atoms with van der Waals surface area (Å²) in [5.41, 5.74) is -0.485. The van der Waals surface area contributed by atoms with E-state index in [9.17, 15) is 18.0 Å². The van der Waals surface area contributed by atoms with Crippen LogP contribution in [0.15, 0.2) is 12.2 Å². The van der Waals surface area contributed by atoms with Gasteiger partial charge in [0.05, 0.1) is 5.75 Å². The lowest BCUT2D eigenvalue weighted by Gasteiger charge is -2.17. The number of nitrogens with one attached hydrogen (secondary N) is 1. The van der Waals surface area contributed by atoms with E-state index in [1.165, 1.54) is 0 Å². The molecule has 0 saturated heterocycles. The van der Waals surface area contributed by atoms with Gasteiger partial charge in [-0.2, -0.15) is 0 Å². The van der Waals surface area contributed by atoms with Crippen LogP contribution in [0.25, 0.3) is 0 Å². The van der Waals surface area contributed by atoms with Gasteiger partial charge in [-0.1, -0.05) is 12.2 Å². The predicted octanol–water partition coefficient (Wildman–Crippen LogP) is 0.737. The molecule has 6 nitrogen and oxygen atoms in total. The number of carboxylic acids is 1. The summed E-state index contributed by atoms with van der Waals surface area (Å²) in [6.07, 6.45) is 6.21. The maximum atomic E-state index is 11.9. The third kappa shape index (κ3) is 5.73. The first-order valence-electron chi connectivity index (χ1n) is 6.48. The smallest absolute Gasteiger partial charge is 0.326 e. The molecule has 0 aromatic heterocycles. The van der Waals surface area contributed by atoms with E-state index in [-0.39, 0.29) is 18.6 Å². The van der Waals surface area contributed by atoms with Gasteiger partial charge in [-0.3, -0.25) is 4.79 Å². The Labute approximate surface area is 119 Å². The summed E-state index contributed by atoms with van der Waals surface area (Å²) in [4.78, 5) is 22.9. The van der Waals surface area contributed by atoms with E-state index in [2.05, 4.69) is 5.32 Å². The summed E-state index contributed by atoms with van der Waals surface area (Å²) in [7, 11) is -3.13. The molecule has 1 aliphatic carbocycles. The fourth-order valence-corrected chi connectivity index (χ4v) is 3.69. The average Bonchev–Trinajstić information content (AvgIpc) is 3.00. The summed E-state index contributed by atoms with van der Waals surface area (Å²) < 4.78 is 22.6. The molecule has 7 heteroatoms. The van der Waals surface area contributed by atoms with E-state index < -0.39 is 33.2 Å². The molecule has 1 aliphatic rings. The molecular weight excluding hydrogens is 282 g/mol. The summed E-state index contributed by atoms with van der Waals surface area (Å²) in [5, 5.41) is 11.5. The van der Waals surface area contributed by atoms with Gasteiger partial charge >= 0.3 is 5.97 Å². The second-order valence-corrected chi connectivity index (χ2v) is 7.65. The fraction of sp³-hybridized carbons (Fsp3) is 0.692. The number of carbonyl (C=O) groups excluding carboxylic acids is 1. The van der Waals surface area contributed by atoms with Crippen LogP contribution in [-0.2, 0) is 19.4 Å². The molecule has 0 aliphatic heterocycles. The number of allylic oxidation sites excluding steroid dienone is 1. The average molecular weight is 303 g/mol. The van der Waals surface area contributed by atoms with Crippen LogP contribution in [0.1, 0.15) is 32.6 Å². The Morgan fingerprint density at radius 1 is 1.40 bits per heavy atom. The Balaban J connectivity index is 2.56. The van der Waals surface area contributed by atoms with Gasteiger partial charge in [0.1, 0.15) is 15.9 Å². The second kappa shape index (κ2) is 6.39. The van der Waals surface area contributed by atoms with Crippen molar-refractivity contribution in [3.8, 4) is 0 Å². The van der Waals surface area contributed by atoms with E-state index in [1.807, 2.05) is 0 Å². The molecule has 1 saturated carbocycles. The van der Waals surface area contributed by atoms with Crippen molar-refractivity contribution in [2.75, 3.05) is 12.0 Å². The van der Waals surface area contributed by atoms with Gasteiger partial charge < -0.3 is 10.4 Å². The summed E-state index contributed by atoms with van der Waals surface area (Å²) >= 11 is 0. The van der Waals surface area contributed by atoms with Crippen molar-refractivity contribution in [3.05, 3.63) is 12.2 Å². The Hall–Kier alpha value is -1.37. The number of sulfone groups is 1. The molecular formula is C13H21NO5S. The number of carbonyl (C=O) groups is 2. The number of aliphatic carboxylic acids is 1. The molecule has 1 unspecified atom stereocenters. The van der Waals surface area contributed by atoms with Crippen LogP contribution in [0.4, 0.5) is 0 Å². The maximum absolute atomic E-state index is 11.9. The highest BCUT2D eigenvalue weighted by Gasteiger charge is 2.46. The molecule has 20 heavy (non-hydrogen) atoms. The number of amides is 1. The number of hydrogen-bond acceptors (Lipinski definition) is 4.